The maximum atomic E-state index is 11.6. The summed E-state index contributed by atoms with van der Waals surface area (Å²) in [5.74, 6) is 1.17. The van der Waals surface area contributed by atoms with Gasteiger partial charge in [-0.15, -0.1) is 0 Å². The Hall–Kier alpha value is -2.74. The van der Waals surface area contributed by atoms with Crippen LogP contribution < -0.4 is 4.74 Å². The Kier molecular flexibility index (Phi) is 7.01. The van der Waals surface area contributed by atoms with E-state index in [0.29, 0.717) is 28.7 Å². The van der Waals surface area contributed by atoms with Gasteiger partial charge in [-0.1, -0.05) is 43.0 Å². The Bertz CT molecular complexity index is 1510. The van der Waals surface area contributed by atoms with Gasteiger partial charge in [0, 0.05) is 40.6 Å². The Morgan fingerprint density at radius 3 is 2.58 bits per heavy atom. The molecule has 0 radical (unpaired) electrons. The average Bonchev–Trinajstić information content (AvgIpc) is 3.40. The Morgan fingerprint density at radius 2 is 1.84 bits per heavy atom. The van der Waals surface area contributed by atoms with Crippen LogP contribution >= 0.6 is 23.8 Å². The van der Waals surface area contributed by atoms with Gasteiger partial charge in [-0.25, -0.2) is 0 Å². The van der Waals surface area contributed by atoms with Crippen molar-refractivity contribution in [3.05, 3.63) is 74.8 Å². The number of ether oxygens (including phenoxy) is 1. The fourth-order valence-electron chi connectivity index (χ4n) is 6.26. The summed E-state index contributed by atoms with van der Waals surface area (Å²) in [5, 5.41) is 13.4. The summed E-state index contributed by atoms with van der Waals surface area (Å²) in [4.78, 5) is 5.85. The molecule has 3 heterocycles. The zero-order valence-corrected chi connectivity index (χ0v) is 23.6. The number of imidazole rings is 1. The average molecular weight is 551 g/mol. The van der Waals surface area contributed by atoms with Gasteiger partial charge < -0.3 is 24.3 Å². The molecule has 1 unspecified atom stereocenters. The molecular formula is C30H35ClN4O2S. The molecule has 2 aliphatic rings. The minimum atomic E-state index is -0.175. The molecule has 2 aromatic heterocycles. The largest absolute Gasteiger partial charge is 0.494 e. The van der Waals surface area contributed by atoms with Crippen molar-refractivity contribution in [2.24, 2.45) is 0 Å². The van der Waals surface area contributed by atoms with Crippen LogP contribution in [-0.4, -0.2) is 51.4 Å². The number of nitrogens with one attached hydrogen (secondary N) is 1. The van der Waals surface area contributed by atoms with E-state index >= 15 is 0 Å². The highest BCUT2D eigenvalue weighted by atomic mass is 35.5. The van der Waals surface area contributed by atoms with E-state index in [2.05, 4.69) is 40.7 Å². The van der Waals surface area contributed by atoms with Crippen molar-refractivity contribution in [2.45, 2.75) is 57.0 Å². The lowest BCUT2D eigenvalue weighted by atomic mass is 9.93. The van der Waals surface area contributed by atoms with Gasteiger partial charge in [0.25, 0.3) is 0 Å². The molecule has 0 spiro atoms. The number of nitrogens with zero attached hydrogens (tertiary/aromatic N) is 3. The maximum Gasteiger partial charge on any atom is 0.214 e. The van der Waals surface area contributed by atoms with Gasteiger partial charge in [0.1, 0.15) is 11.8 Å². The first-order valence-electron chi connectivity index (χ1n) is 13.6. The third kappa shape index (κ3) is 4.55. The number of aromatic hydroxyl groups is 1. The Balaban J connectivity index is 1.43. The van der Waals surface area contributed by atoms with Gasteiger partial charge in [0.15, 0.2) is 4.77 Å². The number of fused-ring (bicyclic) bond motifs is 4. The molecule has 2 aromatic carbocycles. The minimum absolute atomic E-state index is 0.175. The van der Waals surface area contributed by atoms with Gasteiger partial charge in [0.2, 0.25) is 5.88 Å². The summed E-state index contributed by atoms with van der Waals surface area (Å²) in [5.41, 5.74) is 5.29. The Labute approximate surface area is 233 Å². The molecular weight excluding hydrogens is 516 g/mol. The van der Waals surface area contributed by atoms with Crippen molar-refractivity contribution in [3.63, 3.8) is 0 Å². The molecule has 6 nitrogen and oxygen atoms in total. The first-order chi connectivity index (χ1) is 18.4. The smallest absolute Gasteiger partial charge is 0.214 e. The van der Waals surface area contributed by atoms with Crippen molar-refractivity contribution in [1.29, 1.82) is 0 Å². The number of rotatable bonds is 7. The van der Waals surface area contributed by atoms with Crippen LogP contribution in [0.2, 0.25) is 5.02 Å². The van der Waals surface area contributed by atoms with Crippen molar-refractivity contribution in [1.82, 2.24) is 19.0 Å². The van der Waals surface area contributed by atoms with Crippen LogP contribution in [0, 0.1) is 4.77 Å². The standard InChI is InChI=1S/C30H35ClN4O2S/c1-33(2)15-6-16-37-22-12-9-19(10-13-22)28-27-24(23-17-20(31)11-14-25(23)32-27)18-26-29(36)34(30(38)35(26)28)21-7-4-3-5-8-21/h9-14,17,21,28,32,36H,3-8,15-16,18H2,1-2H3. The quantitative estimate of drug-likeness (QED) is 0.166. The summed E-state index contributed by atoms with van der Waals surface area (Å²) in [7, 11) is 4.15. The highest BCUT2D eigenvalue weighted by Crippen LogP contribution is 2.45. The highest BCUT2D eigenvalue weighted by Gasteiger charge is 2.35. The summed E-state index contributed by atoms with van der Waals surface area (Å²) in [6.45, 7) is 1.68. The van der Waals surface area contributed by atoms with Gasteiger partial charge in [-0.05, 0) is 87.0 Å². The van der Waals surface area contributed by atoms with E-state index in [0.717, 1.165) is 59.4 Å². The van der Waals surface area contributed by atoms with Gasteiger partial charge in [-0.3, -0.25) is 4.57 Å². The molecule has 1 atom stereocenters. The lowest BCUT2D eigenvalue weighted by molar-refractivity contribution is 0.281. The molecule has 200 valence electrons. The second-order valence-electron chi connectivity index (χ2n) is 10.9. The summed E-state index contributed by atoms with van der Waals surface area (Å²) in [6, 6.07) is 14.4. The summed E-state index contributed by atoms with van der Waals surface area (Å²) in [6.07, 6.45) is 7.29. The number of halogens is 1. The third-order valence-corrected chi connectivity index (χ3v) is 8.75. The molecule has 8 heteroatoms. The molecule has 0 saturated heterocycles. The van der Waals surface area contributed by atoms with Crippen molar-refractivity contribution in [2.75, 3.05) is 27.2 Å². The lowest BCUT2D eigenvalue weighted by Crippen LogP contribution is -2.22. The molecule has 1 saturated carbocycles. The number of hydrogen-bond donors (Lipinski definition) is 2. The molecule has 6 rings (SSSR count). The number of aromatic nitrogens is 3. The molecule has 38 heavy (non-hydrogen) atoms. The molecule has 1 fully saturated rings. The van der Waals surface area contributed by atoms with Crippen LogP contribution in [-0.2, 0) is 6.42 Å². The fraction of sp³-hybridized carbons (Fsp3) is 0.433. The van der Waals surface area contributed by atoms with E-state index in [9.17, 15) is 5.11 Å². The first kappa shape index (κ1) is 25.5. The monoisotopic (exact) mass is 550 g/mol. The Morgan fingerprint density at radius 1 is 1.08 bits per heavy atom. The normalized spacial score (nSPS) is 17.6. The van der Waals surface area contributed by atoms with Crippen molar-refractivity contribution in [3.8, 4) is 11.6 Å². The second kappa shape index (κ2) is 10.4. The van der Waals surface area contributed by atoms with Crippen molar-refractivity contribution < 1.29 is 9.84 Å². The highest BCUT2D eigenvalue weighted by molar-refractivity contribution is 7.71. The van der Waals surface area contributed by atoms with Gasteiger partial charge in [-0.2, -0.15) is 0 Å². The molecule has 2 N–H and O–H groups in total. The predicted molar refractivity (Wildman–Crippen MR) is 156 cm³/mol. The number of H-pyrrole nitrogens is 1. The van der Waals surface area contributed by atoms with Crippen LogP contribution in [0.15, 0.2) is 42.5 Å². The predicted octanol–water partition coefficient (Wildman–Crippen LogP) is 7.24. The molecule has 1 aliphatic heterocycles. The van der Waals surface area contributed by atoms with E-state index in [1.807, 2.05) is 34.9 Å². The van der Waals surface area contributed by atoms with Gasteiger partial charge in [0.05, 0.1) is 12.3 Å². The molecule has 0 bridgehead atoms. The van der Waals surface area contributed by atoms with Crippen LogP contribution in [0.4, 0.5) is 0 Å². The maximum absolute atomic E-state index is 11.6. The van der Waals surface area contributed by atoms with Crippen LogP contribution in [0.5, 0.6) is 11.6 Å². The number of benzene rings is 2. The van der Waals surface area contributed by atoms with Crippen molar-refractivity contribution >= 4 is 34.7 Å². The van der Waals surface area contributed by atoms with E-state index in [-0.39, 0.29) is 12.1 Å². The van der Waals surface area contributed by atoms with E-state index in [1.54, 1.807) is 0 Å². The third-order valence-electron chi connectivity index (χ3n) is 8.12. The lowest BCUT2D eigenvalue weighted by Gasteiger charge is -2.27. The van der Waals surface area contributed by atoms with Crippen LogP contribution in [0.3, 0.4) is 0 Å². The SMILES string of the molecule is CN(C)CCCOc1ccc(C2c3[nH]c4ccc(Cl)cc4c3Cc3c(O)n(C4CCCCC4)c(=S)n32)cc1. The topological polar surface area (TPSA) is 58.3 Å². The van der Waals surface area contributed by atoms with E-state index in [4.69, 9.17) is 28.6 Å². The number of aromatic amines is 1. The second-order valence-corrected chi connectivity index (χ2v) is 11.7. The molecule has 4 aromatic rings. The van der Waals surface area contributed by atoms with E-state index < -0.39 is 0 Å². The number of hydrogen-bond acceptors (Lipinski definition) is 4. The minimum Gasteiger partial charge on any atom is -0.494 e. The van der Waals surface area contributed by atoms with E-state index in [1.165, 1.54) is 24.8 Å². The fourth-order valence-corrected chi connectivity index (χ4v) is 6.89. The molecule has 1 aliphatic carbocycles. The zero-order valence-electron chi connectivity index (χ0n) is 22.0. The summed E-state index contributed by atoms with van der Waals surface area (Å²) >= 11 is 12.5. The van der Waals surface area contributed by atoms with Crippen LogP contribution in [0.25, 0.3) is 10.9 Å². The first-order valence-corrected chi connectivity index (χ1v) is 14.4. The zero-order chi connectivity index (χ0) is 26.4. The van der Waals surface area contributed by atoms with Crippen LogP contribution in [0.1, 0.15) is 73.1 Å². The van der Waals surface area contributed by atoms with Gasteiger partial charge >= 0.3 is 0 Å². The summed E-state index contributed by atoms with van der Waals surface area (Å²) < 4.78 is 10.9. The molecule has 0 amide bonds.